The van der Waals surface area contributed by atoms with Gasteiger partial charge in [-0.3, -0.25) is 5.32 Å². The van der Waals surface area contributed by atoms with Gasteiger partial charge in [0.2, 0.25) is 0 Å². The number of amides is 2. The summed E-state index contributed by atoms with van der Waals surface area (Å²) in [5.41, 5.74) is 1.64. The van der Waals surface area contributed by atoms with Crippen molar-refractivity contribution in [3.05, 3.63) is 33.6 Å². The molecule has 1 heterocycles. The fraction of sp³-hybridized carbons (Fsp3) is 0.375. The van der Waals surface area contributed by atoms with Gasteiger partial charge in [0.1, 0.15) is 0 Å². The minimum atomic E-state index is -0.188. The Labute approximate surface area is 149 Å². The second-order valence-corrected chi connectivity index (χ2v) is 7.27. The summed E-state index contributed by atoms with van der Waals surface area (Å²) in [4.78, 5) is 16.5. The van der Waals surface area contributed by atoms with Crippen LogP contribution in [0.2, 0.25) is 10.0 Å². The molecule has 1 saturated carbocycles. The molecule has 4 nitrogen and oxygen atoms in total. The summed E-state index contributed by atoms with van der Waals surface area (Å²) < 4.78 is 0. The zero-order valence-electron chi connectivity index (χ0n) is 12.4. The van der Waals surface area contributed by atoms with Gasteiger partial charge in [0.15, 0.2) is 5.13 Å². The Kier molecular flexibility index (Phi) is 5.41. The Bertz CT molecular complexity index is 698. The lowest BCUT2D eigenvalue weighted by Crippen LogP contribution is -2.38. The molecule has 0 saturated heterocycles. The third kappa shape index (κ3) is 4.37. The SMILES string of the molecule is O=C(Nc1nc(-c2ccc(Cl)c(Cl)c2)cs1)NC1CCCCC1. The van der Waals surface area contributed by atoms with E-state index in [1.54, 1.807) is 12.1 Å². The van der Waals surface area contributed by atoms with Gasteiger partial charge in [-0.15, -0.1) is 11.3 Å². The molecule has 1 fully saturated rings. The van der Waals surface area contributed by atoms with E-state index in [9.17, 15) is 4.79 Å². The number of anilines is 1. The van der Waals surface area contributed by atoms with Crippen molar-refractivity contribution in [3.63, 3.8) is 0 Å². The van der Waals surface area contributed by atoms with Gasteiger partial charge >= 0.3 is 6.03 Å². The monoisotopic (exact) mass is 369 g/mol. The summed E-state index contributed by atoms with van der Waals surface area (Å²) in [6, 6.07) is 5.45. The molecule has 1 aromatic carbocycles. The third-order valence-corrected chi connectivity index (χ3v) is 5.38. The number of hydrogen-bond donors (Lipinski definition) is 2. The number of nitrogens with zero attached hydrogens (tertiary/aromatic N) is 1. The molecule has 7 heteroatoms. The van der Waals surface area contributed by atoms with Crippen LogP contribution in [0.4, 0.5) is 9.93 Å². The maximum absolute atomic E-state index is 12.0. The minimum absolute atomic E-state index is 0.188. The van der Waals surface area contributed by atoms with E-state index in [1.807, 2.05) is 11.4 Å². The summed E-state index contributed by atoms with van der Waals surface area (Å²) in [5, 5.41) is 9.27. The van der Waals surface area contributed by atoms with E-state index in [2.05, 4.69) is 15.6 Å². The Morgan fingerprint density at radius 1 is 1.17 bits per heavy atom. The van der Waals surface area contributed by atoms with E-state index in [1.165, 1.54) is 30.6 Å². The summed E-state index contributed by atoms with van der Waals surface area (Å²) in [6.45, 7) is 0. The number of benzene rings is 1. The van der Waals surface area contributed by atoms with Gasteiger partial charge < -0.3 is 5.32 Å². The van der Waals surface area contributed by atoms with Crippen LogP contribution < -0.4 is 10.6 Å². The van der Waals surface area contributed by atoms with Crippen molar-refractivity contribution in [2.24, 2.45) is 0 Å². The molecule has 1 aliphatic rings. The largest absolute Gasteiger partial charge is 0.335 e. The number of thiazole rings is 1. The van der Waals surface area contributed by atoms with E-state index in [4.69, 9.17) is 23.2 Å². The summed E-state index contributed by atoms with van der Waals surface area (Å²) >= 11 is 13.3. The molecule has 0 atom stereocenters. The molecule has 0 aliphatic heterocycles. The smallest absolute Gasteiger partial charge is 0.321 e. The van der Waals surface area contributed by atoms with Crippen molar-refractivity contribution in [2.75, 3.05) is 5.32 Å². The molecule has 1 aliphatic carbocycles. The Hall–Kier alpha value is -1.30. The van der Waals surface area contributed by atoms with Crippen LogP contribution in [0.15, 0.2) is 23.6 Å². The van der Waals surface area contributed by atoms with E-state index < -0.39 is 0 Å². The molecule has 122 valence electrons. The van der Waals surface area contributed by atoms with Crippen LogP contribution >= 0.6 is 34.5 Å². The number of hydrogen-bond acceptors (Lipinski definition) is 3. The number of urea groups is 1. The molecule has 0 bridgehead atoms. The highest BCUT2D eigenvalue weighted by Crippen LogP contribution is 2.30. The van der Waals surface area contributed by atoms with Crippen LogP contribution in [0.3, 0.4) is 0 Å². The van der Waals surface area contributed by atoms with Crippen LogP contribution in [0, 0.1) is 0 Å². The highest BCUT2D eigenvalue weighted by atomic mass is 35.5. The van der Waals surface area contributed by atoms with Crippen molar-refractivity contribution in [1.82, 2.24) is 10.3 Å². The van der Waals surface area contributed by atoms with Gasteiger partial charge in [-0.25, -0.2) is 9.78 Å². The Balaban J connectivity index is 1.62. The molecular formula is C16H17Cl2N3OS. The standard InChI is InChI=1S/C16H17Cl2N3OS/c17-12-7-6-10(8-13(12)18)14-9-23-16(20-14)21-15(22)19-11-4-2-1-3-5-11/h6-9,11H,1-5H2,(H2,19,20,21,22). The fourth-order valence-electron chi connectivity index (χ4n) is 2.68. The highest BCUT2D eigenvalue weighted by Gasteiger charge is 2.16. The molecule has 23 heavy (non-hydrogen) atoms. The van der Waals surface area contributed by atoms with Crippen LogP contribution in [0.25, 0.3) is 11.3 Å². The summed E-state index contributed by atoms with van der Waals surface area (Å²) in [7, 11) is 0. The molecule has 2 amide bonds. The Morgan fingerprint density at radius 3 is 2.70 bits per heavy atom. The topological polar surface area (TPSA) is 54.0 Å². The van der Waals surface area contributed by atoms with Gasteiger partial charge in [0, 0.05) is 17.0 Å². The van der Waals surface area contributed by atoms with Gasteiger partial charge in [-0.1, -0.05) is 48.5 Å². The summed E-state index contributed by atoms with van der Waals surface area (Å²) in [5.74, 6) is 0. The van der Waals surface area contributed by atoms with Crippen molar-refractivity contribution in [3.8, 4) is 11.3 Å². The predicted molar refractivity (Wildman–Crippen MR) is 96.6 cm³/mol. The molecule has 0 unspecified atom stereocenters. The van der Waals surface area contributed by atoms with Crippen LogP contribution in [-0.4, -0.2) is 17.1 Å². The second kappa shape index (κ2) is 7.51. The van der Waals surface area contributed by atoms with E-state index in [0.29, 0.717) is 15.2 Å². The molecule has 2 aromatic rings. The molecule has 2 N–H and O–H groups in total. The number of carbonyl (C=O) groups excluding carboxylic acids is 1. The maximum atomic E-state index is 12.0. The van der Waals surface area contributed by atoms with Gasteiger partial charge in [0.25, 0.3) is 0 Å². The lowest BCUT2D eigenvalue weighted by Gasteiger charge is -2.22. The number of rotatable bonds is 3. The van der Waals surface area contributed by atoms with Crippen LogP contribution in [0.5, 0.6) is 0 Å². The fourth-order valence-corrected chi connectivity index (χ4v) is 3.70. The number of aromatic nitrogens is 1. The molecule has 1 aromatic heterocycles. The lowest BCUT2D eigenvalue weighted by molar-refractivity contribution is 0.244. The number of halogens is 2. The zero-order chi connectivity index (χ0) is 16.2. The normalized spacial score (nSPS) is 15.4. The average molecular weight is 370 g/mol. The predicted octanol–water partition coefficient (Wildman–Crippen LogP) is 5.57. The summed E-state index contributed by atoms with van der Waals surface area (Å²) in [6.07, 6.45) is 5.74. The average Bonchev–Trinajstić information content (AvgIpc) is 2.99. The van der Waals surface area contributed by atoms with Gasteiger partial charge in [-0.2, -0.15) is 0 Å². The van der Waals surface area contributed by atoms with Crippen molar-refractivity contribution in [2.45, 2.75) is 38.1 Å². The quantitative estimate of drug-likeness (QED) is 0.742. The molecule has 0 spiro atoms. The van der Waals surface area contributed by atoms with Crippen LogP contribution in [-0.2, 0) is 0 Å². The second-order valence-electron chi connectivity index (χ2n) is 5.60. The van der Waals surface area contributed by atoms with Crippen molar-refractivity contribution >= 4 is 45.7 Å². The van der Waals surface area contributed by atoms with Gasteiger partial charge in [0.05, 0.1) is 15.7 Å². The maximum Gasteiger partial charge on any atom is 0.321 e. The van der Waals surface area contributed by atoms with Crippen molar-refractivity contribution in [1.29, 1.82) is 0 Å². The first-order valence-electron chi connectivity index (χ1n) is 7.60. The minimum Gasteiger partial charge on any atom is -0.335 e. The third-order valence-electron chi connectivity index (χ3n) is 3.88. The highest BCUT2D eigenvalue weighted by molar-refractivity contribution is 7.14. The van der Waals surface area contributed by atoms with E-state index in [0.717, 1.165) is 24.1 Å². The van der Waals surface area contributed by atoms with E-state index >= 15 is 0 Å². The number of carbonyl (C=O) groups is 1. The molecule has 3 rings (SSSR count). The van der Waals surface area contributed by atoms with Gasteiger partial charge in [-0.05, 0) is 25.0 Å². The zero-order valence-corrected chi connectivity index (χ0v) is 14.8. The first-order chi connectivity index (χ1) is 11.1. The first-order valence-corrected chi connectivity index (χ1v) is 9.24. The van der Waals surface area contributed by atoms with E-state index in [-0.39, 0.29) is 12.1 Å². The van der Waals surface area contributed by atoms with Crippen molar-refractivity contribution < 1.29 is 4.79 Å². The Morgan fingerprint density at radius 2 is 1.96 bits per heavy atom. The number of nitrogens with one attached hydrogen (secondary N) is 2. The molecule has 0 radical (unpaired) electrons. The lowest BCUT2D eigenvalue weighted by atomic mass is 9.96. The first kappa shape index (κ1) is 16.6. The van der Waals surface area contributed by atoms with Crippen LogP contribution in [0.1, 0.15) is 32.1 Å². The molecular weight excluding hydrogens is 353 g/mol.